The van der Waals surface area contributed by atoms with E-state index < -0.39 is 18.2 Å². The first-order valence-corrected chi connectivity index (χ1v) is 7.28. The van der Waals surface area contributed by atoms with Gasteiger partial charge in [-0.2, -0.15) is 0 Å². The fraction of sp³-hybridized carbons (Fsp3) is 0.353. The average Bonchev–Trinajstić information content (AvgIpc) is 2.54. The van der Waals surface area contributed by atoms with Crippen LogP contribution in [-0.2, 0) is 9.47 Å². The first-order chi connectivity index (χ1) is 10.7. The fourth-order valence-corrected chi connectivity index (χ4v) is 2.28. The third-order valence-electron chi connectivity index (χ3n) is 3.28. The van der Waals surface area contributed by atoms with Gasteiger partial charge in [-0.15, -0.1) is 0 Å². The predicted octanol–water partition coefficient (Wildman–Crippen LogP) is 3.37. The monoisotopic (exact) mass is 305 g/mol. The van der Waals surface area contributed by atoms with Crippen molar-refractivity contribution in [3.8, 4) is 0 Å². The Morgan fingerprint density at radius 2 is 1.68 bits per heavy atom. The maximum absolute atomic E-state index is 13.9. The highest BCUT2D eigenvalue weighted by molar-refractivity contribution is 5.36. The van der Waals surface area contributed by atoms with E-state index in [-0.39, 0.29) is 5.56 Å². The zero-order valence-electron chi connectivity index (χ0n) is 12.7. The molecule has 2 rings (SSSR count). The van der Waals surface area contributed by atoms with Gasteiger partial charge in [0.2, 0.25) is 0 Å². The van der Waals surface area contributed by atoms with Crippen molar-refractivity contribution in [1.82, 2.24) is 4.98 Å². The number of halogens is 1. The Hall–Kier alpha value is -1.82. The number of benzene rings is 1. The van der Waals surface area contributed by atoms with Gasteiger partial charge in [0, 0.05) is 30.5 Å². The van der Waals surface area contributed by atoms with Crippen LogP contribution in [-0.4, -0.2) is 23.3 Å². The number of pyridine rings is 1. The minimum absolute atomic E-state index is 0.175. The molecule has 1 heterocycles. The number of hydrogen-bond donors (Lipinski definition) is 1. The van der Waals surface area contributed by atoms with Crippen LogP contribution in [0.3, 0.4) is 0 Å². The van der Waals surface area contributed by atoms with E-state index in [0.29, 0.717) is 24.3 Å². The number of aromatic nitrogens is 1. The molecule has 0 aliphatic carbocycles. The molecule has 1 N–H and O–H groups in total. The molecule has 0 aliphatic heterocycles. The quantitative estimate of drug-likeness (QED) is 0.797. The number of ether oxygens (including phenoxy) is 2. The van der Waals surface area contributed by atoms with Gasteiger partial charge < -0.3 is 14.6 Å². The molecule has 0 saturated heterocycles. The van der Waals surface area contributed by atoms with Crippen molar-refractivity contribution in [2.45, 2.75) is 26.2 Å². The van der Waals surface area contributed by atoms with Gasteiger partial charge in [-0.05, 0) is 25.5 Å². The maximum Gasteiger partial charge on any atom is 0.184 e. The maximum atomic E-state index is 13.9. The van der Waals surface area contributed by atoms with E-state index in [1.54, 1.807) is 12.1 Å². The van der Waals surface area contributed by atoms with Crippen LogP contribution in [0.25, 0.3) is 0 Å². The Balaban J connectivity index is 2.41. The number of aliphatic hydroxyl groups is 1. The van der Waals surface area contributed by atoms with E-state index in [9.17, 15) is 9.50 Å². The Labute approximate surface area is 129 Å². The molecule has 0 radical (unpaired) electrons. The van der Waals surface area contributed by atoms with E-state index in [2.05, 4.69) is 4.98 Å². The van der Waals surface area contributed by atoms with E-state index in [1.165, 1.54) is 12.3 Å². The summed E-state index contributed by atoms with van der Waals surface area (Å²) in [6, 6.07) is 8.64. The topological polar surface area (TPSA) is 51.6 Å². The molecule has 0 fully saturated rings. The van der Waals surface area contributed by atoms with Crippen molar-refractivity contribution in [3.63, 3.8) is 0 Å². The summed E-state index contributed by atoms with van der Waals surface area (Å²) < 4.78 is 25.0. The standard InChI is InChI=1S/C17H20FNO3/c1-3-21-17(22-4-2)13-8-6-5-7-12(13)16(20)14-9-10-19-11-15(14)18/h5-11,16-17,20H,3-4H2,1-2H3. The van der Waals surface area contributed by atoms with Crippen LogP contribution in [0.1, 0.15) is 42.9 Å². The molecular formula is C17H20FNO3. The summed E-state index contributed by atoms with van der Waals surface area (Å²) >= 11 is 0. The van der Waals surface area contributed by atoms with Gasteiger partial charge in [0.1, 0.15) is 11.9 Å². The van der Waals surface area contributed by atoms with Gasteiger partial charge in [-0.3, -0.25) is 4.98 Å². The summed E-state index contributed by atoms with van der Waals surface area (Å²) in [7, 11) is 0. The Bertz CT molecular complexity index is 600. The molecule has 0 bridgehead atoms. The molecule has 1 aromatic heterocycles. The SMILES string of the molecule is CCOC(OCC)c1ccccc1C(O)c1ccncc1F. The zero-order valence-corrected chi connectivity index (χ0v) is 12.7. The lowest BCUT2D eigenvalue weighted by Crippen LogP contribution is -2.14. The normalized spacial score (nSPS) is 12.6. The Morgan fingerprint density at radius 1 is 1.05 bits per heavy atom. The van der Waals surface area contributed by atoms with Crippen molar-refractivity contribution >= 4 is 0 Å². The molecule has 0 amide bonds. The Morgan fingerprint density at radius 3 is 2.27 bits per heavy atom. The minimum Gasteiger partial charge on any atom is -0.384 e. The fourth-order valence-electron chi connectivity index (χ4n) is 2.28. The highest BCUT2D eigenvalue weighted by atomic mass is 19.1. The lowest BCUT2D eigenvalue weighted by Gasteiger charge is -2.23. The largest absolute Gasteiger partial charge is 0.384 e. The minimum atomic E-state index is -1.11. The van der Waals surface area contributed by atoms with Crippen LogP contribution >= 0.6 is 0 Å². The van der Waals surface area contributed by atoms with Crippen LogP contribution in [0.15, 0.2) is 42.7 Å². The van der Waals surface area contributed by atoms with Gasteiger partial charge in [0.15, 0.2) is 6.29 Å². The molecule has 1 unspecified atom stereocenters. The molecule has 0 spiro atoms. The van der Waals surface area contributed by atoms with Crippen LogP contribution in [0.2, 0.25) is 0 Å². The summed E-state index contributed by atoms with van der Waals surface area (Å²) in [5, 5.41) is 10.6. The highest BCUT2D eigenvalue weighted by Gasteiger charge is 2.22. The van der Waals surface area contributed by atoms with Crippen LogP contribution in [0.5, 0.6) is 0 Å². The third kappa shape index (κ3) is 3.68. The van der Waals surface area contributed by atoms with Gasteiger partial charge in [-0.25, -0.2) is 4.39 Å². The molecule has 2 aromatic rings. The molecule has 0 saturated carbocycles. The number of hydrogen-bond acceptors (Lipinski definition) is 4. The molecule has 118 valence electrons. The molecule has 0 aliphatic rings. The van der Waals surface area contributed by atoms with Crippen molar-refractivity contribution in [3.05, 3.63) is 65.2 Å². The van der Waals surface area contributed by atoms with Crippen LogP contribution in [0.4, 0.5) is 4.39 Å². The van der Waals surface area contributed by atoms with Gasteiger partial charge >= 0.3 is 0 Å². The molecule has 5 heteroatoms. The summed E-state index contributed by atoms with van der Waals surface area (Å²) in [6.45, 7) is 4.68. The van der Waals surface area contributed by atoms with Gasteiger partial charge in [0.25, 0.3) is 0 Å². The van der Waals surface area contributed by atoms with Crippen molar-refractivity contribution in [2.24, 2.45) is 0 Å². The summed E-state index contributed by atoms with van der Waals surface area (Å²) in [5.74, 6) is -0.547. The van der Waals surface area contributed by atoms with E-state index >= 15 is 0 Å². The lowest BCUT2D eigenvalue weighted by atomic mass is 9.96. The van der Waals surface area contributed by atoms with Crippen molar-refractivity contribution < 1.29 is 19.0 Å². The molecule has 4 nitrogen and oxygen atoms in total. The summed E-state index contributed by atoms with van der Waals surface area (Å²) in [5.41, 5.74) is 1.42. The number of nitrogens with zero attached hydrogens (tertiary/aromatic N) is 1. The van der Waals surface area contributed by atoms with E-state index in [4.69, 9.17) is 9.47 Å². The molecule has 1 atom stereocenters. The van der Waals surface area contributed by atoms with Crippen LogP contribution in [0, 0.1) is 5.82 Å². The smallest absolute Gasteiger partial charge is 0.184 e. The predicted molar refractivity (Wildman–Crippen MR) is 80.7 cm³/mol. The van der Waals surface area contributed by atoms with E-state index in [1.807, 2.05) is 26.0 Å². The number of aliphatic hydroxyl groups excluding tert-OH is 1. The second kappa shape index (κ2) is 7.98. The molecule has 1 aromatic carbocycles. The second-order valence-electron chi connectivity index (χ2n) is 4.67. The first-order valence-electron chi connectivity index (χ1n) is 7.28. The second-order valence-corrected chi connectivity index (χ2v) is 4.67. The number of rotatable bonds is 7. The van der Waals surface area contributed by atoms with Gasteiger partial charge in [-0.1, -0.05) is 24.3 Å². The molecule has 22 heavy (non-hydrogen) atoms. The van der Waals surface area contributed by atoms with Crippen molar-refractivity contribution in [2.75, 3.05) is 13.2 Å². The summed E-state index contributed by atoms with van der Waals surface area (Å²) in [6.07, 6.45) is 0.838. The van der Waals surface area contributed by atoms with Gasteiger partial charge in [0.05, 0.1) is 6.20 Å². The lowest BCUT2D eigenvalue weighted by molar-refractivity contribution is -0.141. The summed E-state index contributed by atoms with van der Waals surface area (Å²) in [4.78, 5) is 3.70. The van der Waals surface area contributed by atoms with Crippen LogP contribution < -0.4 is 0 Å². The zero-order chi connectivity index (χ0) is 15.9. The first kappa shape index (κ1) is 16.5. The highest BCUT2D eigenvalue weighted by Crippen LogP contribution is 2.31. The molecular weight excluding hydrogens is 285 g/mol. The van der Waals surface area contributed by atoms with E-state index in [0.717, 1.165) is 6.20 Å². The third-order valence-corrected chi connectivity index (χ3v) is 3.28. The average molecular weight is 305 g/mol. The van der Waals surface area contributed by atoms with Crippen molar-refractivity contribution in [1.29, 1.82) is 0 Å². The Kier molecular flexibility index (Phi) is 6.00.